The lowest BCUT2D eigenvalue weighted by Gasteiger charge is -2.19. The van der Waals surface area contributed by atoms with Gasteiger partial charge in [0.15, 0.2) is 0 Å². The molecule has 2 heterocycles. The summed E-state index contributed by atoms with van der Waals surface area (Å²) in [5.41, 5.74) is 4.30. The predicted octanol–water partition coefficient (Wildman–Crippen LogP) is 3.16. The van der Waals surface area contributed by atoms with Gasteiger partial charge in [-0.15, -0.1) is 0 Å². The van der Waals surface area contributed by atoms with E-state index in [0.29, 0.717) is 6.10 Å². The lowest BCUT2D eigenvalue weighted by Crippen LogP contribution is -2.12. The highest BCUT2D eigenvalue weighted by molar-refractivity contribution is 5.54. The first-order valence-corrected chi connectivity index (χ1v) is 6.89. The van der Waals surface area contributed by atoms with Gasteiger partial charge in [0.25, 0.3) is 0 Å². The van der Waals surface area contributed by atoms with Crippen LogP contribution in [-0.4, -0.2) is 19.3 Å². The fraction of sp³-hybridized carbons (Fsp3) is 0.600. The van der Waals surface area contributed by atoms with Gasteiger partial charge in [-0.1, -0.05) is 12.1 Å². The molecule has 0 aliphatic carbocycles. The number of ether oxygens (including phenoxy) is 1. The summed E-state index contributed by atoms with van der Waals surface area (Å²) in [6, 6.07) is 6.93. The highest BCUT2D eigenvalue weighted by Gasteiger charge is 2.15. The third-order valence-electron chi connectivity index (χ3n) is 3.89. The van der Waals surface area contributed by atoms with E-state index in [0.717, 1.165) is 19.6 Å². The zero-order chi connectivity index (χ0) is 11.5. The van der Waals surface area contributed by atoms with Crippen LogP contribution < -0.4 is 5.32 Å². The maximum absolute atomic E-state index is 5.67. The Morgan fingerprint density at radius 2 is 2.29 bits per heavy atom. The van der Waals surface area contributed by atoms with Crippen molar-refractivity contribution in [3.05, 3.63) is 29.3 Å². The molecule has 92 valence electrons. The number of benzene rings is 1. The molecule has 0 amide bonds. The summed E-state index contributed by atoms with van der Waals surface area (Å²) in [6.07, 6.45) is 7.84. The number of hydrogen-bond donors (Lipinski definition) is 1. The average molecular weight is 231 g/mol. The predicted molar refractivity (Wildman–Crippen MR) is 70.5 cm³/mol. The second-order valence-electron chi connectivity index (χ2n) is 5.20. The summed E-state index contributed by atoms with van der Waals surface area (Å²) in [4.78, 5) is 0. The molecule has 2 heteroatoms. The topological polar surface area (TPSA) is 21.3 Å². The van der Waals surface area contributed by atoms with Crippen molar-refractivity contribution in [3.8, 4) is 0 Å². The van der Waals surface area contributed by atoms with E-state index in [1.165, 1.54) is 48.9 Å². The van der Waals surface area contributed by atoms with Gasteiger partial charge in [0.2, 0.25) is 0 Å². The summed E-state index contributed by atoms with van der Waals surface area (Å²) in [5.74, 6) is 0. The van der Waals surface area contributed by atoms with E-state index in [1.54, 1.807) is 0 Å². The smallest absolute Gasteiger partial charge is 0.0579 e. The van der Waals surface area contributed by atoms with Crippen LogP contribution in [0.1, 0.15) is 36.8 Å². The van der Waals surface area contributed by atoms with Crippen LogP contribution in [0, 0.1) is 0 Å². The summed E-state index contributed by atoms with van der Waals surface area (Å²) < 4.78 is 5.67. The summed E-state index contributed by atoms with van der Waals surface area (Å²) in [6.45, 7) is 2.10. The first-order chi connectivity index (χ1) is 8.42. The normalized spacial score (nSPS) is 23.2. The molecule has 0 aromatic heterocycles. The molecule has 3 rings (SSSR count). The van der Waals surface area contributed by atoms with Gasteiger partial charge in [-0.25, -0.2) is 0 Å². The monoisotopic (exact) mass is 231 g/mol. The van der Waals surface area contributed by atoms with Gasteiger partial charge < -0.3 is 10.1 Å². The summed E-state index contributed by atoms with van der Waals surface area (Å²) in [7, 11) is 0. The highest BCUT2D eigenvalue weighted by Crippen LogP contribution is 2.25. The van der Waals surface area contributed by atoms with Crippen molar-refractivity contribution in [1.82, 2.24) is 0 Å². The minimum atomic E-state index is 0.513. The Kier molecular flexibility index (Phi) is 3.32. The molecule has 17 heavy (non-hydrogen) atoms. The standard InChI is InChI=1S/C15H21NO/c1-3-13-7-5-12(11-15(13)16-9-1)6-8-14-4-2-10-17-14/h5,7,11,14,16H,1-4,6,8-10H2. The van der Waals surface area contributed by atoms with Crippen LogP contribution in [0.5, 0.6) is 0 Å². The van der Waals surface area contributed by atoms with Gasteiger partial charge >= 0.3 is 0 Å². The Labute approximate surface area is 103 Å². The minimum absolute atomic E-state index is 0.513. The van der Waals surface area contributed by atoms with E-state index in [1.807, 2.05) is 0 Å². The van der Waals surface area contributed by atoms with Crippen LogP contribution in [0.25, 0.3) is 0 Å². The Morgan fingerprint density at radius 3 is 3.18 bits per heavy atom. The molecular formula is C15H21NO. The van der Waals surface area contributed by atoms with E-state index in [4.69, 9.17) is 4.74 Å². The van der Waals surface area contributed by atoms with Crippen LogP contribution in [0.2, 0.25) is 0 Å². The lowest BCUT2D eigenvalue weighted by atomic mass is 9.98. The fourth-order valence-corrected chi connectivity index (χ4v) is 2.86. The molecule has 2 aliphatic heterocycles. The number of nitrogens with one attached hydrogen (secondary N) is 1. The number of aryl methyl sites for hydroxylation is 2. The Balaban J connectivity index is 1.62. The van der Waals surface area contributed by atoms with Crippen molar-refractivity contribution in [1.29, 1.82) is 0 Å². The van der Waals surface area contributed by atoms with E-state index in [9.17, 15) is 0 Å². The Morgan fingerprint density at radius 1 is 1.29 bits per heavy atom. The van der Waals surface area contributed by atoms with Crippen molar-refractivity contribution >= 4 is 5.69 Å². The van der Waals surface area contributed by atoms with Gasteiger partial charge in [-0.3, -0.25) is 0 Å². The molecule has 2 aliphatic rings. The van der Waals surface area contributed by atoms with Crippen LogP contribution >= 0.6 is 0 Å². The van der Waals surface area contributed by atoms with E-state index >= 15 is 0 Å². The largest absolute Gasteiger partial charge is 0.385 e. The number of anilines is 1. The first kappa shape index (κ1) is 11.1. The number of hydrogen-bond acceptors (Lipinski definition) is 2. The summed E-state index contributed by atoms with van der Waals surface area (Å²) >= 11 is 0. The molecule has 0 radical (unpaired) electrons. The number of rotatable bonds is 3. The zero-order valence-corrected chi connectivity index (χ0v) is 10.4. The maximum Gasteiger partial charge on any atom is 0.0579 e. The molecule has 2 nitrogen and oxygen atoms in total. The van der Waals surface area contributed by atoms with Crippen molar-refractivity contribution < 1.29 is 4.74 Å². The van der Waals surface area contributed by atoms with Crippen LogP contribution in [-0.2, 0) is 17.6 Å². The molecule has 1 aromatic rings. The fourth-order valence-electron chi connectivity index (χ4n) is 2.86. The first-order valence-electron chi connectivity index (χ1n) is 6.89. The zero-order valence-electron chi connectivity index (χ0n) is 10.4. The van der Waals surface area contributed by atoms with E-state index in [2.05, 4.69) is 23.5 Å². The average Bonchev–Trinajstić information content (AvgIpc) is 2.89. The van der Waals surface area contributed by atoms with Crippen molar-refractivity contribution in [2.75, 3.05) is 18.5 Å². The van der Waals surface area contributed by atoms with Crippen LogP contribution in [0.3, 0.4) is 0 Å². The second kappa shape index (κ2) is 5.09. The third-order valence-corrected chi connectivity index (χ3v) is 3.89. The molecule has 1 aromatic carbocycles. The molecule has 1 N–H and O–H groups in total. The molecule has 1 saturated heterocycles. The lowest BCUT2D eigenvalue weighted by molar-refractivity contribution is 0.104. The summed E-state index contributed by atoms with van der Waals surface area (Å²) in [5, 5.41) is 3.50. The molecule has 1 unspecified atom stereocenters. The third kappa shape index (κ3) is 2.63. The molecule has 0 spiro atoms. The van der Waals surface area contributed by atoms with Gasteiger partial charge in [0.05, 0.1) is 6.10 Å². The van der Waals surface area contributed by atoms with Crippen LogP contribution in [0.15, 0.2) is 18.2 Å². The second-order valence-corrected chi connectivity index (χ2v) is 5.20. The van der Waals surface area contributed by atoms with Crippen molar-refractivity contribution in [3.63, 3.8) is 0 Å². The quantitative estimate of drug-likeness (QED) is 0.862. The van der Waals surface area contributed by atoms with Crippen molar-refractivity contribution in [2.24, 2.45) is 0 Å². The molecule has 1 fully saturated rings. The Hall–Kier alpha value is -1.02. The SMILES string of the molecule is c1cc2c(cc1CCC1CCCO1)NCCC2. The van der Waals surface area contributed by atoms with Gasteiger partial charge in [-0.05, 0) is 55.7 Å². The van der Waals surface area contributed by atoms with E-state index < -0.39 is 0 Å². The van der Waals surface area contributed by atoms with Gasteiger partial charge in [0.1, 0.15) is 0 Å². The molecule has 1 atom stereocenters. The number of fused-ring (bicyclic) bond motifs is 1. The Bertz CT molecular complexity index is 383. The van der Waals surface area contributed by atoms with E-state index in [-0.39, 0.29) is 0 Å². The molecular weight excluding hydrogens is 210 g/mol. The molecule has 0 bridgehead atoms. The van der Waals surface area contributed by atoms with Gasteiger partial charge in [0, 0.05) is 18.8 Å². The highest BCUT2D eigenvalue weighted by atomic mass is 16.5. The molecule has 0 saturated carbocycles. The minimum Gasteiger partial charge on any atom is -0.385 e. The van der Waals surface area contributed by atoms with Crippen LogP contribution in [0.4, 0.5) is 5.69 Å². The van der Waals surface area contributed by atoms with Gasteiger partial charge in [-0.2, -0.15) is 0 Å². The maximum atomic E-state index is 5.67. The van der Waals surface area contributed by atoms with Crippen molar-refractivity contribution in [2.45, 2.75) is 44.6 Å².